The van der Waals surface area contributed by atoms with Crippen molar-refractivity contribution in [2.75, 3.05) is 0 Å². The second-order valence-electron chi connectivity index (χ2n) is 10.3. The van der Waals surface area contributed by atoms with Crippen molar-refractivity contribution in [2.45, 2.75) is 83.5 Å². The van der Waals surface area contributed by atoms with Crippen LogP contribution in [0.4, 0.5) is 0 Å². The Kier molecular flexibility index (Phi) is 5.42. The highest BCUT2D eigenvalue weighted by atomic mass is 16.3. The number of carbonyl (C=O) groups is 1. The Bertz CT molecular complexity index is 761. The molecule has 0 aliphatic heterocycles. The number of fused-ring (bicyclic) bond motifs is 6. The molecule has 29 heavy (non-hydrogen) atoms. The molecule has 8 atom stereocenters. The fourth-order valence-corrected chi connectivity index (χ4v) is 7.09. The lowest BCUT2D eigenvalue weighted by atomic mass is 9.56. The standard InChI is InChI=1S/C25H36O4/c1-4-5-23(28)25(3,29)22-9-8-20-19-14-21(27)16-12-15(6-7-17(26)13-16)18(19)10-11-24(20,22)2/h4-6,14,16-18,20,22-23,26,28-29H,7-13H2,1-3H3/b5-4+/t16-,17+,18+,20-,22-,23+,24-,25+/m0/s1. The second kappa shape index (κ2) is 7.47. The van der Waals surface area contributed by atoms with Crippen molar-refractivity contribution >= 4 is 5.78 Å². The zero-order chi connectivity index (χ0) is 21.0. The molecule has 0 heterocycles. The van der Waals surface area contributed by atoms with Gasteiger partial charge in [0, 0.05) is 11.8 Å². The van der Waals surface area contributed by atoms with E-state index in [-0.39, 0.29) is 29.0 Å². The fraction of sp³-hybridized carbons (Fsp3) is 0.720. The summed E-state index contributed by atoms with van der Waals surface area (Å²) in [7, 11) is 0. The van der Waals surface area contributed by atoms with Crippen molar-refractivity contribution in [3.05, 3.63) is 35.5 Å². The maximum Gasteiger partial charge on any atom is 0.159 e. The van der Waals surface area contributed by atoms with Crippen LogP contribution in [0.15, 0.2) is 35.5 Å². The Hall–Kier alpha value is -1.23. The van der Waals surface area contributed by atoms with E-state index in [1.54, 1.807) is 19.1 Å². The Morgan fingerprint density at radius 1 is 1.31 bits per heavy atom. The van der Waals surface area contributed by atoms with Gasteiger partial charge in [0.05, 0.1) is 11.7 Å². The number of aliphatic hydroxyl groups excluding tert-OH is 2. The number of rotatable bonds is 3. The first-order valence-corrected chi connectivity index (χ1v) is 11.3. The molecule has 2 bridgehead atoms. The molecule has 4 rings (SSSR count). The highest BCUT2D eigenvalue weighted by Gasteiger charge is 2.58. The topological polar surface area (TPSA) is 77.8 Å². The van der Waals surface area contributed by atoms with E-state index in [0.717, 1.165) is 32.1 Å². The van der Waals surface area contributed by atoms with Gasteiger partial charge < -0.3 is 15.3 Å². The molecule has 0 aromatic carbocycles. The number of hydrogen-bond donors (Lipinski definition) is 3. The summed E-state index contributed by atoms with van der Waals surface area (Å²) in [5, 5.41) is 32.1. The van der Waals surface area contributed by atoms with Gasteiger partial charge in [-0.3, -0.25) is 4.79 Å². The molecule has 0 radical (unpaired) electrons. The third kappa shape index (κ3) is 3.37. The van der Waals surface area contributed by atoms with Crippen molar-refractivity contribution < 1.29 is 20.1 Å². The Morgan fingerprint density at radius 3 is 2.79 bits per heavy atom. The number of allylic oxidation sites excluding steroid dienone is 4. The van der Waals surface area contributed by atoms with Crippen LogP contribution in [0, 0.1) is 29.1 Å². The fourth-order valence-electron chi connectivity index (χ4n) is 7.09. The second-order valence-corrected chi connectivity index (χ2v) is 10.3. The van der Waals surface area contributed by atoms with Gasteiger partial charge in [-0.1, -0.05) is 36.3 Å². The number of ketones is 1. The summed E-state index contributed by atoms with van der Waals surface area (Å²) in [4.78, 5) is 13.0. The first kappa shape index (κ1) is 21.0. The highest BCUT2D eigenvalue weighted by molar-refractivity contribution is 5.93. The van der Waals surface area contributed by atoms with E-state index < -0.39 is 17.8 Å². The molecule has 4 nitrogen and oxygen atoms in total. The third-order valence-corrected chi connectivity index (χ3v) is 8.64. The normalized spacial score (nSPS) is 42.8. The van der Waals surface area contributed by atoms with Crippen molar-refractivity contribution in [1.82, 2.24) is 0 Å². The van der Waals surface area contributed by atoms with Gasteiger partial charge in [0.1, 0.15) is 6.10 Å². The lowest BCUT2D eigenvalue weighted by molar-refractivity contribution is -0.119. The molecule has 4 aliphatic carbocycles. The third-order valence-electron chi connectivity index (χ3n) is 8.64. The van der Waals surface area contributed by atoms with Gasteiger partial charge >= 0.3 is 0 Å². The van der Waals surface area contributed by atoms with E-state index in [2.05, 4.69) is 13.0 Å². The smallest absolute Gasteiger partial charge is 0.159 e. The molecule has 2 fully saturated rings. The van der Waals surface area contributed by atoms with Crippen LogP contribution >= 0.6 is 0 Å². The van der Waals surface area contributed by atoms with Crippen molar-refractivity contribution in [3.8, 4) is 0 Å². The SMILES string of the molecule is C/C=C/[C@@H](O)[C@](C)(O)[C@H]1CC[C@H]2C3=CC(=O)[C@H]4CC(=CC[C@@H](O)C4)[C@H]3CC[C@]12C. The molecule has 0 unspecified atom stereocenters. The van der Waals surface area contributed by atoms with Crippen LogP contribution in [0.5, 0.6) is 0 Å². The zero-order valence-corrected chi connectivity index (χ0v) is 18.0. The minimum Gasteiger partial charge on any atom is -0.393 e. The average molecular weight is 401 g/mol. The molecule has 4 aliphatic rings. The van der Waals surface area contributed by atoms with E-state index in [1.807, 2.05) is 13.0 Å². The molecule has 3 N–H and O–H groups in total. The molecule has 0 saturated heterocycles. The summed E-state index contributed by atoms with van der Waals surface area (Å²) < 4.78 is 0. The van der Waals surface area contributed by atoms with E-state index in [9.17, 15) is 20.1 Å². The molecule has 0 amide bonds. The van der Waals surface area contributed by atoms with Crippen LogP contribution in [-0.2, 0) is 4.79 Å². The Morgan fingerprint density at radius 2 is 2.07 bits per heavy atom. The van der Waals surface area contributed by atoms with Gasteiger partial charge in [0.25, 0.3) is 0 Å². The van der Waals surface area contributed by atoms with Crippen LogP contribution < -0.4 is 0 Å². The summed E-state index contributed by atoms with van der Waals surface area (Å²) in [5.41, 5.74) is 1.29. The van der Waals surface area contributed by atoms with Gasteiger partial charge in [0.2, 0.25) is 0 Å². The summed E-state index contributed by atoms with van der Waals surface area (Å²) in [6, 6.07) is 0. The molecule has 2 saturated carbocycles. The van der Waals surface area contributed by atoms with Crippen LogP contribution in [0.2, 0.25) is 0 Å². The van der Waals surface area contributed by atoms with E-state index >= 15 is 0 Å². The van der Waals surface area contributed by atoms with Crippen molar-refractivity contribution in [2.24, 2.45) is 29.1 Å². The average Bonchev–Trinajstić information content (AvgIpc) is 2.82. The molecule has 0 aromatic rings. The molecule has 0 spiro atoms. The molecule has 0 aromatic heterocycles. The first-order chi connectivity index (χ1) is 13.7. The van der Waals surface area contributed by atoms with Gasteiger partial charge in [0.15, 0.2) is 5.78 Å². The van der Waals surface area contributed by atoms with Crippen LogP contribution in [0.3, 0.4) is 0 Å². The first-order valence-electron chi connectivity index (χ1n) is 11.3. The monoisotopic (exact) mass is 400 g/mol. The number of carbonyl (C=O) groups excluding carboxylic acids is 1. The predicted molar refractivity (Wildman–Crippen MR) is 113 cm³/mol. The van der Waals surface area contributed by atoms with Crippen molar-refractivity contribution in [3.63, 3.8) is 0 Å². The van der Waals surface area contributed by atoms with Gasteiger partial charge in [-0.15, -0.1) is 0 Å². The lowest BCUT2D eigenvalue weighted by Crippen LogP contribution is -2.52. The molecular weight excluding hydrogens is 364 g/mol. The van der Waals surface area contributed by atoms with Gasteiger partial charge in [-0.2, -0.15) is 0 Å². The Labute approximate surface area is 174 Å². The maximum atomic E-state index is 13.0. The number of aliphatic hydroxyl groups is 3. The largest absolute Gasteiger partial charge is 0.393 e. The zero-order valence-electron chi connectivity index (χ0n) is 18.0. The van der Waals surface area contributed by atoms with Gasteiger partial charge in [-0.05, 0) is 82.1 Å². The number of hydrogen-bond acceptors (Lipinski definition) is 4. The minimum atomic E-state index is -1.19. The van der Waals surface area contributed by atoms with Gasteiger partial charge in [-0.25, -0.2) is 0 Å². The maximum absolute atomic E-state index is 13.0. The predicted octanol–water partition coefficient (Wildman–Crippen LogP) is 3.71. The lowest BCUT2D eigenvalue weighted by Gasteiger charge is -2.50. The quantitative estimate of drug-likeness (QED) is 0.631. The van der Waals surface area contributed by atoms with Crippen LogP contribution in [0.1, 0.15) is 65.7 Å². The summed E-state index contributed by atoms with van der Waals surface area (Å²) in [6.45, 7) is 5.89. The Balaban J connectivity index is 1.69. The summed E-state index contributed by atoms with van der Waals surface area (Å²) >= 11 is 0. The van der Waals surface area contributed by atoms with Crippen LogP contribution in [0.25, 0.3) is 0 Å². The minimum absolute atomic E-state index is 0.00985. The molecule has 4 heteroatoms. The van der Waals surface area contributed by atoms with E-state index in [1.165, 1.54) is 11.1 Å². The summed E-state index contributed by atoms with van der Waals surface area (Å²) in [6.07, 6.45) is 12.1. The van der Waals surface area contributed by atoms with Crippen molar-refractivity contribution in [1.29, 1.82) is 0 Å². The van der Waals surface area contributed by atoms with E-state index in [0.29, 0.717) is 18.8 Å². The van der Waals surface area contributed by atoms with Crippen LogP contribution in [-0.4, -0.2) is 38.9 Å². The summed E-state index contributed by atoms with van der Waals surface area (Å²) in [5.74, 6) is 0.634. The molecular formula is C25H36O4. The highest BCUT2D eigenvalue weighted by Crippen LogP contribution is 2.63. The van der Waals surface area contributed by atoms with E-state index in [4.69, 9.17) is 0 Å². The molecule has 160 valence electrons.